The molecule has 2 aromatic carbocycles. The Morgan fingerprint density at radius 2 is 1.79 bits per heavy atom. The number of hydrogen-bond donors (Lipinski definition) is 2. The Labute approximate surface area is 233 Å². The molecule has 3 aliphatic carbocycles. The number of halogens is 1. The SMILES string of the molecule is CCCCCN(CCCC[C@@H]1Cc2cc(O)ccc2C2C1C1CCC(O)[C@@]1(C)C[C@@H]2F)C(=O)c1ccccc1. The zero-order valence-corrected chi connectivity index (χ0v) is 23.7. The number of fused-ring (bicyclic) bond motifs is 5. The Kier molecular flexibility index (Phi) is 8.66. The number of carbonyl (C=O) groups excluding carboxylic acids is 1. The summed E-state index contributed by atoms with van der Waals surface area (Å²) in [6.07, 6.45) is 7.74. The molecule has 212 valence electrons. The molecule has 0 spiro atoms. The third-order valence-corrected chi connectivity index (χ3v) is 10.4. The lowest BCUT2D eigenvalue weighted by molar-refractivity contribution is -0.0722. The molecule has 0 saturated heterocycles. The molecule has 0 aromatic heterocycles. The number of phenols is 1. The first-order valence-corrected chi connectivity index (χ1v) is 15.3. The van der Waals surface area contributed by atoms with Crippen molar-refractivity contribution in [2.24, 2.45) is 23.2 Å². The molecule has 4 unspecified atom stereocenters. The van der Waals surface area contributed by atoms with Crippen molar-refractivity contribution in [3.8, 4) is 5.75 Å². The number of hydrogen-bond acceptors (Lipinski definition) is 3. The monoisotopic (exact) mass is 535 g/mol. The molecule has 5 heteroatoms. The summed E-state index contributed by atoms with van der Waals surface area (Å²) >= 11 is 0. The maximum absolute atomic E-state index is 16.0. The van der Waals surface area contributed by atoms with Gasteiger partial charge < -0.3 is 15.1 Å². The minimum Gasteiger partial charge on any atom is -0.508 e. The molecule has 7 atom stereocenters. The van der Waals surface area contributed by atoms with E-state index in [9.17, 15) is 15.0 Å². The number of alkyl halides is 1. The molecule has 2 N–H and O–H groups in total. The number of unbranched alkanes of at least 4 members (excludes halogenated alkanes) is 3. The third-order valence-electron chi connectivity index (χ3n) is 10.4. The lowest BCUT2D eigenvalue weighted by atomic mass is 9.51. The smallest absolute Gasteiger partial charge is 0.253 e. The van der Waals surface area contributed by atoms with E-state index in [4.69, 9.17) is 0 Å². The van der Waals surface area contributed by atoms with Gasteiger partial charge in [-0.05, 0) is 104 Å². The van der Waals surface area contributed by atoms with Gasteiger partial charge in [-0.25, -0.2) is 4.39 Å². The van der Waals surface area contributed by atoms with Gasteiger partial charge in [0.25, 0.3) is 5.91 Å². The molecular formula is C34H46FNO3. The first-order valence-electron chi connectivity index (χ1n) is 15.3. The second kappa shape index (κ2) is 12.0. The van der Waals surface area contributed by atoms with Crippen molar-refractivity contribution in [1.82, 2.24) is 4.90 Å². The highest BCUT2D eigenvalue weighted by Gasteiger charge is 2.59. The van der Waals surface area contributed by atoms with Gasteiger partial charge in [0.2, 0.25) is 0 Å². The normalized spacial score (nSPS) is 31.3. The highest BCUT2D eigenvalue weighted by molar-refractivity contribution is 5.94. The number of phenolic OH excluding ortho intramolecular Hbond substituents is 1. The number of amides is 1. The fourth-order valence-corrected chi connectivity index (χ4v) is 8.37. The van der Waals surface area contributed by atoms with Gasteiger partial charge in [0, 0.05) is 24.6 Å². The summed E-state index contributed by atoms with van der Waals surface area (Å²) < 4.78 is 16.0. The molecular weight excluding hydrogens is 489 g/mol. The summed E-state index contributed by atoms with van der Waals surface area (Å²) in [5.74, 6) is 1.04. The zero-order valence-electron chi connectivity index (χ0n) is 23.7. The average Bonchev–Trinajstić information content (AvgIpc) is 3.23. The van der Waals surface area contributed by atoms with Crippen LogP contribution in [0.2, 0.25) is 0 Å². The lowest BCUT2D eigenvalue weighted by Gasteiger charge is -2.54. The third kappa shape index (κ3) is 5.62. The van der Waals surface area contributed by atoms with Crippen LogP contribution in [0, 0.1) is 23.2 Å². The molecule has 0 bridgehead atoms. The largest absolute Gasteiger partial charge is 0.508 e. The predicted molar refractivity (Wildman–Crippen MR) is 154 cm³/mol. The van der Waals surface area contributed by atoms with Crippen molar-refractivity contribution in [2.45, 2.75) is 96.2 Å². The van der Waals surface area contributed by atoms with Crippen molar-refractivity contribution < 1.29 is 19.4 Å². The van der Waals surface area contributed by atoms with Crippen LogP contribution >= 0.6 is 0 Å². The first-order chi connectivity index (χ1) is 18.8. The molecule has 39 heavy (non-hydrogen) atoms. The Morgan fingerprint density at radius 1 is 1.05 bits per heavy atom. The van der Waals surface area contributed by atoms with Crippen molar-refractivity contribution in [2.75, 3.05) is 13.1 Å². The number of aliphatic hydroxyl groups excluding tert-OH is 1. The number of nitrogens with zero attached hydrogens (tertiary/aromatic N) is 1. The maximum Gasteiger partial charge on any atom is 0.253 e. The number of carbonyl (C=O) groups is 1. The van der Waals surface area contributed by atoms with Crippen LogP contribution in [-0.2, 0) is 6.42 Å². The van der Waals surface area contributed by atoms with E-state index < -0.39 is 12.3 Å². The molecule has 3 aliphatic rings. The van der Waals surface area contributed by atoms with Gasteiger partial charge in [-0.2, -0.15) is 0 Å². The molecule has 0 aliphatic heterocycles. The van der Waals surface area contributed by atoms with E-state index in [0.29, 0.717) is 18.3 Å². The van der Waals surface area contributed by atoms with Crippen molar-refractivity contribution in [3.05, 3.63) is 65.2 Å². The highest BCUT2D eigenvalue weighted by Crippen LogP contribution is 2.63. The first kappa shape index (κ1) is 28.1. The fraction of sp³-hybridized carbons (Fsp3) is 0.618. The molecule has 0 radical (unpaired) electrons. The van der Waals surface area contributed by atoms with Gasteiger partial charge in [-0.1, -0.05) is 57.4 Å². The van der Waals surface area contributed by atoms with E-state index in [0.717, 1.165) is 87.6 Å². The van der Waals surface area contributed by atoms with E-state index in [2.05, 4.69) is 13.8 Å². The Balaban J connectivity index is 1.30. The summed E-state index contributed by atoms with van der Waals surface area (Å²) in [4.78, 5) is 15.3. The van der Waals surface area contributed by atoms with Crippen LogP contribution in [0.1, 0.15) is 99.0 Å². The molecule has 5 rings (SSSR count). The van der Waals surface area contributed by atoms with Crippen LogP contribution in [0.3, 0.4) is 0 Å². The topological polar surface area (TPSA) is 60.8 Å². The predicted octanol–water partition coefficient (Wildman–Crippen LogP) is 7.29. The molecule has 2 aromatic rings. The van der Waals surface area contributed by atoms with Crippen LogP contribution in [-0.4, -0.2) is 46.4 Å². The zero-order chi connectivity index (χ0) is 27.6. The van der Waals surface area contributed by atoms with E-state index in [1.165, 1.54) is 0 Å². The number of aliphatic hydroxyl groups is 1. The van der Waals surface area contributed by atoms with Gasteiger partial charge in [-0.15, -0.1) is 0 Å². The van der Waals surface area contributed by atoms with Gasteiger partial charge in [0.05, 0.1) is 6.10 Å². The second-order valence-corrected chi connectivity index (χ2v) is 12.7. The fourth-order valence-electron chi connectivity index (χ4n) is 8.37. The van der Waals surface area contributed by atoms with Gasteiger partial charge >= 0.3 is 0 Å². The standard InChI is InChI=1S/C34H46FNO3/c1-3-4-9-18-36(33(39)23-11-6-5-7-12-23)19-10-8-13-24-20-25-21-26(37)14-15-27(25)32-29(35)22-34(2)28(31(24)32)16-17-30(34)38/h5-7,11-12,14-15,21,24,28-32,37-38H,3-4,8-10,13,16-20,22H2,1-2H3/t24-,28?,29+,30?,31?,32?,34+/m1/s1. The molecule has 1 amide bonds. The summed E-state index contributed by atoms with van der Waals surface area (Å²) in [7, 11) is 0. The molecule has 4 nitrogen and oxygen atoms in total. The summed E-state index contributed by atoms with van der Waals surface area (Å²) in [5, 5.41) is 21.1. The van der Waals surface area contributed by atoms with E-state index in [1.54, 1.807) is 6.07 Å². The molecule has 2 saturated carbocycles. The van der Waals surface area contributed by atoms with Crippen LogP contribution in [0.15, 0.2) is 48.5 Å². The summed E-state index contributed by atoms with van der Waals surface area (Å²) in [5.41, 5.74) is 2.55. The summed E-state index contributed by atoms with van der Waals surface area (Å²) in [6.45, 7) is 5.82. The summed E-state index contributed by atoms with van der Waals surface area (Å²) in [6, 6.07) is 15.1. The quantitative estimate of drug-likeness (QED) is 0.314. The minimum atomic E-state index is -0.979. The molecule has 0 heterocycles. The van der Waals surface area contributed by atoms with Crippen molar-refractivity contribution in [3.63, 3.8) is 0 Å². The number of benzene rings is 2. The van der Waals surface area contributed by atoms with E-state index in [1.807, 2.05) is 47.4 Å². The van der Waals surface area contributed by atoms with Crippen molar-refractivity contribution in [1.29, 1.82) is 0 Å². The van der Waals surface area contributed by atoms with E-state index >= 15 is 4.39 Å². The van der Waals surface area contributed by atoms with Crippen LogP contribution in [0.5, 0.6) is 5.75 Å². The van der Waals surface area contributed by atoms with Crippen LogP contribution in [0.4, 0.5) is 4.39 Å². The maximum atomic E-state index is 16.0. The highest BCUT2D eigenvalue weighted by atomic mass is 19.1. The Morgan fingerprint density at radius 3 is 2.54 bits per heavy atom. The van der Waals surface area contributed by atoms with Crippen LogP contribution in [0.25, 0.3) is 0 Å². The Hall–Kier alpha value is -2.40. The van der Waals surface area contributed by atoms with Gasteiger partial charge in [0.1, 0.15) is 11.9 Å². The number of aromatic hydroxyl groups is 1. The molecule has 2 fully saturated rings. The van der Waals surface area contributed by atoms with E-state index in [-0.39, 0.29) is 28.9 Å². The Bertz CT molecular complexity index is 1120. The van der Waals surface area contributed by atoms with Gasteiger partial charge in [-0.3, -0.25) is 4.79 Å². The average molecular weight is 536 g/mol. The van der Waals surface area contributed by atoms with Crippen molar-refractivity contribution >= 4 is 5.91 Å². The number of rotatable bonds is 10. The van der Waals surface area contributed by atoms with Gasteiger partial charge in [0.15, 0.2) is 0 Å². The van der Waals surface area contributed by atoms with Crippen LogP contribution < -0.4 is 0 Å². The second-order valence-electron chi connectivity index (χ2n) is 12.7. The lowest BCUT2D eigenvalue weighted by Crippen LogP contribution is -2.51. The minimum absolute atomic E-state index is 0.108.